The summed E-state index contributed by atoms with van der Waals surface area (Å²) in [6.45, 7) is 3.23. The zero-order valence-corrected chi connectivity index (χ0v) is 9.63. The van der Waals surface area contributed by atoms with Gasteiger partial charge in [0.25, 0.3) is 0 Å². The first-order chi connectivity index (χ1) is 8.36. The molecule has 1 amide bonds. The lowest BCUT2D eigenvalue weighted by Crippen LogP contribution is -2.41. The summed E-state index contributed by atoms with van der Waals surface area (Å²) in [5, 5.41) is 3.01. The van der Waals surface area contributed by atoms with E-state index in [-0.39, 0.29) is 5.91 Å². The van der Waals surface area contributed by atoms with Gasteiger partial charge in [0.1, 0.15) is 0 Å². The molecule has 17 heavy (non-hydrogen) atoms. The molecule has 1 fully saturated rings. The first kappa shape index (κ1) is 11.8. The van der Waals surface area contributed by atoms with Crippen molar-refractivity contribution < 1.29 is 9.53 Å². The molecule has 92 valence electrons. The Hall–Kier alpha value is -1.69. The minimum absolute atomic E-state index is 0.150. The summed E-state index contributed by atoms with van der Waals surface area (Å²) < 4.78 is 5.19. The third-order valence-electron chi connectivity index (χ3n) is 2.55. The van der Waals surface area contributed by atoms with Crippen molar-refractivity contribution in [3.63, 3.8) is 0 Å². The molecule has 0 radical (unpaired) electrons. The van der Waals surface area contributed by atoms with E-state index in [9.17, 15) is 4.79 Å². The molecule has 1 saturated heterocycles. The maximum absolute atomic E-state index is 11.8. The van der Waals surface area contributed by atoms with Gasteiger partial charge in [0.15, 0.2) is 0 Å². The van der Waals surface area contributed by atoms with Crippen LogP contribution in [0.3, 0.4) is 0 Å². The van der Waals surface area contributed by atoms with Crippen LogP contribution in [-0.2, 0) is 9.53 Å². The van der Waals surface area contributed by atoms with Gasteiger partial charge in [-0.25, -0.2) is 9.97 Å². The van der Waals surface area contributed by atoms with E-state index in [0.717, 1.165) is 0 Å². The zero-order chi connectivity index (χ0) is 11.9. The number of nitrogens with zero attached hydrogens (tertiary/aromatic N) is 3. The smallest absolute Gasteiger partial charge is 0.224 e. The molecule has 1 aromatic heterocycles. The second-order valence-electron chi connectivity index (χ2n) is 3.74. The molecule has 1 aliphatic heterocycles. The normalized spacial score (nSPS) is 15.6. The fourth-order valence-corrected chi connectivity index (χ4v) is 1.64. The van der Waals surface area contributed by atoms with Crippen molar-refractivity contribution in [3.8, 4) is 0 Å². The van der Waals surface area contributed by atoms with Gasteiger partial charge in [-0.05, 0) is 6.07 Å². The van der Waals surface area contributed by atoms with Crippen molar-refractivity contribution in [3.05, 3.63) is 18.5 Å². The van der Waals surface area contributed by atoms with Crippen LogP contribution in [-0.4, -0.2) is 53.6 Å². The third kappa shape index (κ3) is 3.67. The molecule has 0 saturated carbocycles. The number of hydrogen-bond acceptors (Lipinski definition) is 5. The van der Waals surface area contributed by atoms with Gasteiger partial charge < -0.3 is 15.0 Å². The van der Waals surface area contributed by atoms with Gasteiger partial charge in [-0.15, -0.1) is 0 Å². The minimum atomic E-state index is 0.150. The van der Waals surface area contributed by atoms with Crippen LogP contribution < -0.4 is 5.32 Å². The number of aromatic nitrogens is 2. The SMILES string of the molecule is O=C(CCNc1ncccn1)N1CCOCC1. The summed E-state index contributed by atoms with van der Waals surface area (Å²) in [4.78, 5) is 21.7. The number of ether oxygens (including phenoxy) is 1. The Kier molecular flexibility index (Phi) is 4.26. The third-order valence-corrected chi connectivity index (χ3v) is 2.55. The molecule has 0 aromatic carbocycles. The summed E-state index contributed by atoms with van der Waals surface area (Å²) in [5.41, 5.74) is 0. The molecule has 1 aliphatic rings. The molecule has 0 atom stereocenters. The predicted molar refractivity (Wildman–Crippen MR) is 62.5 cm³/mol. The van der Waals surface area contributed by atoms with Crippen molar-refractivity contribution >= 4 is 11.9 Å². The Morgan fingerprint density at radius 3 is 2.76 bits per heavy atom. The van der Waals surface area contributed by atoms with Crippen LogP contribution in [0.15, 0.2) is 18.5 Å². The molecule has 2 heterocycles. The molecule has 0 aliphatic carbocycles. The number of anilines is 1. The average Bonchev–Trinajstić information content (AvgIpc) is 2.41. The maximum atomic E-state index is 11.8. The van der Waals surface area contributed by atoms with Gasteiger partial charge in [0.05, 0.1) is 13.2 Å². The van der Waals surface area contributed by atoms with Crippen LogP contribution in [0.25, 0.3) is 0 Å². The van der Waals surface area contributed by atoms with Gasteiger partial charge in [-0.1, -0.05) is 0 Å². The van der Waals surface area contributed by atoms with Gasteiger partial charge in [-0.3, -0.25) is 4.79 Å². The number of carbonyl (C=O) groups excluding carboxylic acids is 1. The molecule has 6 nitrogen and oxygen atoms in total. The topological polar surface area (TPSA) is 67.4 Å². The highest BCUT2D eigenvalue weighted by atomic mass is 16.5. The first-order valence-electron chi connectivity index (χ1n) is 5.72. The maximum Gasteiger partial charge on any atom is 0.224 e. The Morgan fingerprint density at radius 1 is 1.35 bits per heavy atom. The van der Waals surface area contributed by atoms with Gasteiger partial charge in [0, 0.05) is 38.4 Å². The van der Waals surface area contributed by atoms with E-state index in [1.165, 1.54) is 0 Å². The van der Waals surface area contributed by atoms with Gasteiger partial charge in [-0.2, -0.15) is 0 Å². The molecule has 1 aromatic rings. The predicted octanol–water partition coefficient (Wildman–Crippen LogP) is 0.137. The van der Waals surface area contributed by atoms with Crippen LogP contribution >= 0.6 is 0 Å². The van der Waals surface area contributed by atoms with E-state index < -0.39 is 0 Å². The van der Waals surface area contributed by atoms with Crippen LogP contribution in [0, 0.1) is 0 Å². The number of rotatable bonds is 4. The highest BCUT2D eigenvalue weighted by Gasteiger charge is 2.15. The molecular weight excluding hydrogens is 220 g/mol. The highest BCUT2D eigenvalue weighted by Crippen LogP contribution is 2.01. The lowest BCUT2D eigenvalue weighted by atomic mass is 10.3. The molecule has 6 heteroatoms. The highest BCUT2D eigenvalue weighted by molar-refractivity contribution is 5.76. The minimum Gasteiger partial charge on any atom is -0.378 e. The van der Waals surface area contributed by atoms with Crippen molar-refractivity contribution in [2.24, 2.45) is 0 Å². The monoisotopic (exact) mass is 236 g/mol. The summed E-state index contributed by atoms with van der Waals surface area (Å²) in [5.74, 6) is 0.707. The molecule has 0 spiro atoms. The lowest BCUT2D eigenvalue weighted by molar-refractivity contribution is -0.134. The molecular formula is C11H16N4O2. The van der Waals surface area contributed by atoms with E-state index in [1.54, 1.807) is 18.5 Å². The van der Waals surface area contributed by atoms with Crippen LogP contribution in [0.1, 0.15) is 6.42 Å². The van der Waals surface area contributed by atoms with Crippen LogP contribution in [0.2, 0.25) is 0 Å². The number of amides is 1. The Balaban J connectivity index is 1.69. The quantitative estimate of drug-likeness (QED) is 0.805. The standard InChI is InChI=1S/C11H16N4O2/c16-10(15-6-8-17-9-7-15)2-5-14-11-12-3-1-4-13-11/h1,3-4H,2,5-9H2,(H,12,13,14). The van der Waals surface area contributed by atoms with Gasteiger partial charge in [0.2, 0.25) is 11.9 Å². The first-order valence-corrected chi connectivity index (χ1v) is 5.72. The fraction of sp³-hybridized carbons (Fsp3) is 0.545. The molecule has 1 N–H and O–H groups in total. The van der Waals surface area contributed by atoms with Crippen LogP contribution in [0.5, 0.6) is 0 Å². The van der Waals surface area contributed by atoms with E-state index in [2.05, 4.69) is 15.3 Å². The summed E-state index contributed by atoms with van der Waals surface area (Å²) in [7, 11) is 0. The van der Waals surface area contributed by atoms with Crippen LogP contribution in [0.4, 0.5) is 5.95 Å². The van der Waals surface area contributed by atoms with Gasteiger partial charge >= 0.3 is 0 Å². The molecule has 0 unspecified atom stereocenters. The molecule has 0 bridgehead atoms. The average molecular weight is 236 g/mol. The van der Waals surface area contributed by atoms with E-state index >= 15 is 0 Å². The van der Waals surface area contributed by atoms with Crippen molar-refractivity contribution in [1.29, 1.82) is 0 Å². The number of morpholine rings is 1. The van der Waals surface area contributed by atoms with Crippen molar-refractivity contribution in [2.45, 2.75) is 6.42 Å². The fourth-order valence-electron chi connectivity index (χ4n) is 1.64. The molecule has 2 rings (SSSR count). The second kappa shape index (κ2) is 6.15. The largest absolute Gasteiger partial charge is 0.378 e. The van der Waals surface area contributed by atoms with E-state index in [1.807, 2.05) is 4.90 Å². The van der Waals surface area contributed by atoms with E-state index in [0.29, 0.717) is 45.2 Å². The lowest BCUT2D eigenvalue weighted by Gasteiger charge is -2.26. The number of hydrogen-bond donors (Lipinski definition) is 1. The Morgan fingerprint density at radius 2 is 2.06 bits per heavy atom. The summed E-state index contributed by atoms with van der Waals surface area (Å²) >= 11 is 0. The Labute approximate surface area is 100 Å². The zero-order valence-electron chi connectivity index (χ0n) is 9.63. The number of carbonyl (C=O) groups is 1. The number of nitrogens with one attached hydrogen (secondary N) is 1. The van der Waals surface area contributed by atoms with Crippen molar-refractivity contribution in [1.82, 2.24) is 14.9 Å². The Bertz CT molecular complexity index is 352. The summed E-state index contributed by atoms with van der Waals surface area (Å²) in [6.07, 6.45) is 3.79. The summed E-state index contributed by atoms with van der Waals surface area (Å²) in [6, 6.07) is 1.75. The second-order valence-corrected chi connectivity index (χ2v) is 3.74. The van der Waals surface area contributed by atoms with Crippen molar-refractivity contribution in [2.75, 3.05) is 38.2 Å². The van der Waals surface area contributed by atoms with E-state index in [4.69, 9.17) is 4.74 Å².